The highest BCUT2D eigenvalue weighted by atomic mass is 16.2. The number of piperidine rings is 1. The SMILES string of the molecule is O=C(CCCn1ccnc1)N1CC[C@]2(CCCN(C3CCCCC3)C2=O)C1. The van der Waals surface area contributed by atoms with E-state index in [2.05, 4.69) is 9.88 Å². The van der Waals surface area contributed by atoms with Crippen molar-refractivity contribution in [2.75, 3.05) is 19.6 Å². The van der Waals surface area contributed by atoms with Gasteiger partial charge in [0.25, 0.3) is 0 Å². The first kappa shape index (κ1) is 18.5. The number of likely N-dealkylation sites (tertiary alicyclic amines) is 2. The molecule has 4 rings (SSSR count). The average molecular weight is 373 g/mol. The molecule has 3 fully saturated rings. The number of carbonyl (C=O) groups excluding carboxylic acids is 2. The second kappa shape index (κ2) is 8.03. The zero-order valence-electron chi connectivity index (χ0n) is 16.3. The third-order valence-electron chi connectivity index (χ3n) is 6.86. The molecule has 148 valence electrons. The first-order valence-corrected chi connectivity index (χ1v) is 10.7. The molecule has 3 heterocycles. The van der Waals surface area contributed by atoms with Crippen LogP contribution in [0, 0.1) is 5.41 Å². The molecule has 6 heteroatoms. The summed E-state index contributed by atoms with van der Waals surface area (Å²) in [6.07, 6.45) is 15.9. The van der Waals surface area contributed by atoms with Crippen LogP contribution in [-0.2, 0) is 16.1 Å². The monoisotopic (exact) mass is 372 g/mol. The molecule has 0 unspecified atom stereocenters. The fourth-order valence-corrected chi connectivity index (χ4v) is 5.30. The summed E-state index contributed by atoms with van der Waals surface area (Å²) in [5.41, 5.74) is -0.296. The van der Waals surface area contributed by atoms with Gasteiger partial charge in [-0.15, -0.1) is 0 Å². The number of aromatic nitrogens is 2. The molecule has 2 saturated heterocycles. The molecule has 0 radical (unpaired) electrons. The number of rotatable bonds is 5. The van der Waals surface area contributed by atoms with Crippen molar-refractivity contribution in [2.24, 2.45) is 5.41 Å². The van der Waals surface area contributed by atoms with E-state index in [0.29, 0.717) is 24.9 Å². The normalized spacial score (nSPS) is 26.9. The lowest BCUT2D eigenvalue weighted by atomic mass is 9.77. The summed E-state index contributed by atoms with van der Waals surface area (Å²) in [7, 11) is 0. The topological polar surface area (TPSA) is 58.4 Å². The van der Waals surface area contributed by atoms with E-state index in [0.717, 1.165) is 45.3 Å². The van der Waals surface area contributed by atoms with E-state index in [1.54, 1.807) is 12.5 Å². The lowest BCUT2D eigenvalue weighted by Gasteiger charge is -2.44. The average Bonchev–Trinajstić information content (AvgIpc) is 3.36. The zero-order chi connectivity index (χ0) is 18.7. The van der Waals surface area contributed by atoms with Crippen molar-refractivity contribution in [3.63, 3.8) is 0 Å². The molecule has 6 nitrogen and oxygen atoms in total. The number of aryl methyl sites for hydroxylation is 1. The highest BCUT2D eigenvalue weighted by Crippen LogP contribution is 2.42. The fraction of sp³-hybridized carbons (Fsp3) is 0.762. The number of carbonyl (C=O) groups is 2. The van der Waals surface area contributed by atoms with E-state index in [4.69, 9.17) is 0 Å². The van der Waals surface area contributed by atoms with Crippen molar-refractivity contribution in [3.8, 4) is 0 Å². The molecular formula is C21H32N4O2. The molecule has 1 spiro atoms. The summed E-state index contributed by atoms with van der Waals surface area (Å²) in [5, 5.41) is 0. The molecule has 1 atom stereocenters. The van der Waals surface area contributed by atoms with Gasteiger partial charge in [-0.3, -0.25) is 9.59 Å². The Labute approximate surface area is 161 Å². The molecule has 2 amide bonds. The van der Waals surface area contributed by atoms with Crippen molar-refractivity contribution in [3.05, 3.63) is 18.7 Å². The van der Waals surface area contributed by atoms with Crippen molar-refractivity contribution in [2.45, 2.75) is 76.8 Å². The Bertz CT molecular complexity index is 653. The molecule has 0 N–H and O–H groups in total. The van der Waals surface area contributed by atoms with Gasteiger partial charge >= 0.3 is 0 Å². The number of imidazole rings is 1. The first-order chi connectivity index (χ1) is 13.2. The zero-order valence-corrected chi connectivity index (χ0v) is 16.3. The molecule has 1 saturated carbocycles. The van der Waals surface area contributed by atoms with E-state index in [1.165, 1.54) is 32.1 Å². The molecule has 0 aromatic carbocycles. The van der Waals surface area contributed by atoms with Crippen LogP contribution in [-0.4, -0.2) is 56.8 Å². The summed E-state index contributed by atoms with van der Waals surface area (Å²) in [5.74, 6) is 0.545. The third-order valence-corrected chi connectivity index (χ3v) is 6.86. The van der Waals surface area contributed by atoms with Gasteiger partial charge in [0.05, 0.1) is 11.7 Å². The molecule has 2 aliphatic heterocycles. The van der Waals surface area contributed by atoms with Gasteiger partial charge < -0.3 is 14.4 Å². The van der Waals surface area contributed by atoms with Crippen LogP contribution in [0.3, 0.4) is 0 Å². The maximum absolute atomic E-state index is 13.4. The largest absolute Gasteiger partial charge is 0.342 e. The predicted octanol–water partition coefficient (Wildman–Crippen LogP) is 2.84. The quantitative estimate of drug-likeness (QED) is 0.799. The highest BCUT2D eigenvalue weighted by molar-refractivity contribution is 5.86. The van der Waals surface area contributed by atoms with Gasteiger partial charge in [0.2, 0.25) is 11.8 Å². The van der Waals surface area contributed by atoms with Crippen LogP contribution < -0.4 is 0 Å². The van der Waals surface area contributed by atoms with Gasteiger partial charge in [-0.05, 0) is 38.5 Å². The molecule has 0 bridgehead atoms. The minimum absolute atomic E-state index is 0.203. The maximum Gasteiger partial charge on any atom is 0.230 e. The Kier molecular flexibility index (Phi) is 5.50. The minimum Gasteiger partial charge on any atom is -0.342 e. The van der Waals surface area contributed by atoms with E-state index >= 15 is 0 Å². The smallest absolute Gasteiger partial charge is 0.230 e. The molecule has 3 aliphatic rings. The van der Waals surface area contributed by atoms with Crippen LogP contribution in [0.25, 0.3) is 0 Å². The van der Waals surface area contributed by atoms with Crippen LogP contribution in [0.5, 0.6) is 0 Å². The van der Waals surface area contributed by atoms with Crippen molar-refractivity contribution >= 4 is 11.8 Å². The third kappa shape index (κ3) is 3.90. The number of hydrogen-bond acceptors (Lipinski definition) is 3. The number of amides is 2. The molecule has 1 aliphatic carbocycles. The summed E-state index contributed by atoms with van der Waals surface area (Å²) < 4.78 is 2.01. The Morgan fingerprint density at radius 1 is 1.15 bits per heavy atom. The van der Waals surface area contributed by atoms with Crippen molar-refractivity contribution in [1.29, 1.82) is 0 Å². The fourth-order valence-electron chi connectivity index (χ4n) is 5.30. The predicted molar refractivity (Wildman–Crippen MR) is 103 cm³/mol. The van der Waals surface area contributed by atoms with Crippen molar-refractivity contribution in [1.82, 2.24) is 19.4 Å². The molecular weight excluding hydrogens is 340 g/mol. The number of hydrogen-bond donors (Lipinski definition) is 0. The van der Waals surface area contributed by atoms with Gasteiger partial charge in [-0.2, -0.15) is 0 Å². The van der Waals surface area contributed by atoms with E-state index in [-0.39, 0.29) is 11.3 Å². The summed E-state index contributed by atoms with van der Waals surface area (Å²) >= 11 is 0. The Hall–Kier alpha value is -1.85. The minimum atomic E-state index is -0.296. The molecule has 1 aromatic heterocycles. The van der Waals surface area contributed by atoms with Gasteiger partial charge in [-0.25, -0.2) is 4.98 Å². The summed E-state index contributed by atoms with van der Waals surface area (Å²) in [6, 6.07) is 0.448. The van der Waals surface area contributed by atoms with Gasteiger partial charge in [-0.1, -0.05) is 19.3 Å². The van der Waals surface area contributed by atoms with Crippen LogP contribution in [0.15, 0.2) is 18.7 Å². The Morgan fingerprint density at radius 2 is 2.00 bits per heavy atom. The van der Waals surface area contributed by atoms with E-state index in [9.17, 15) is 9.59 Å². The molecule has 27 heavy (non-hydrogen) atoms. The Balaban J connectivity index is 1.32. The summed E-state index contributed by atoms with van der Waals surface area (Å²) in [4.78, 5) is 34.2. The maximum atomic E-state index is 13.4. The van der Waals surface area contributed by atoms with Crippen LogP contribution in [0.4, 0.5) is 0 Å². The van der Waals surface area contributed by atoms with Crippen LogP contribution in [0.2, 0.25) is 0 Å². The Morgan fingerprint density at radius 3 is 2.78 bits per heavy atom. The van der Waals surface area contributed by atoms with Crippen LogP contribution >= 0.6 is 0 Å². The highest BCUT2D eigenvalue weighted by Gasteiger charge is 2.50. The second-order valence-electron chi connectivity index (χ2n) is 8.64. The van der Waals surface area contributed by atoms with Crippen LogP contribution in [0.1, 0.15) is 64.2 Å². The van der Waals surface area contributed by atoms with Crippen molar-refractivity contribution < 1.29 is 9.59 Å². The lowest BCUT2D eigenvalue weighted by Crippen LogP contribution is -2.54. The standard InChI is InChI=1S/C21H32N4O2/c26-19(8-4-12-23-15-11-22-17-23)24-14-10-21(16-24)9-5-13-25(20(21)27)18-6-2-1-3-7-18/h11,15,17-18H,1-10,12-14,16H2/t21-/m1/s1. The van der Waals surface area contributed by atoms with E-state index in [1.807, 2.05) is 15.7 Å². The van der Waals surface area contributed by atoms with E-state index < -0.39 is 0 Å². The van der Waals surface area contributed by atoms with Gasteiger partial charge in [0, 0.05) is 51.0 Å². The van der Waals surface area contributed by atoms with Gasteiger partial charge in [0.15, 0.2) is 0 Å². The summed E-state index contributed by atoms with van der Waals surface area (Å²) in [6.45, 7) is 3.12. The first-order valence-electron chi connectivity index (χ1n) is 10.7. The second-order valence-corrected chi connectivity index (χ2v) is 8.64. The number of nitrogens with zero attached hydrogens (tertiary/aromatic N) is 4. The van der Waals surface area contributed by atoms with Gasteiger partial charge in [0.1, 0.15) is 0 Å². The lowest BCUT2D eigenvalue weighted by molar-refractivity contribution is -0.149. The molecule has 1 aromatic rings.